The second-order valence-electron chi connectivity index (χ2n) is 8.18. The molecule has 0 spiro atoms. The van der Waals surface area contributed by atoms with Crippen molar-refractivity contribution in [1.82, 2.24) is 14.9 Å². The molecule has 1 aliphatic rings. The zero-order valence-electron chi connectivity index (χ0n) is 18.6. The van der Waals surface area contributed by atoms with Crippen LogP contribution in [-0.4, -0.2) is 70.8 Å². The minimum Gasteiger partial charge on any atom is -0.497 e. The molecular formula is C21H35N3O5S. The van der Waals surface area contributed by atoms with Crippen molar-refractivity contribution in [2.24, 2.45) is 5.92 Å². The van der Waals surface area contributed by atoms with Gasteiger partial charge in [0.15, 0.2) is 0 Å². The van der Waals surface area contributed by atoms with Crippen LogP contribution in [0.1, 0.15) is 34.1 Å². The molecule has 3 atom stereocenters. The molecule has 0 aromatic heterocycles. The van der Waals surface area contributed by atoms with Gasteiger partial charge in [0.1, 0.15) is 11.8 Å². The van der Waals surface area contributed by atoms with Gasteiger partial charge in [0.05, 0.1) is 24.2 Å². The second-order valence-corrected chi connectivity index (χ2v) is 9.89. The van der Waals surface area contributed by atoms with E-state index in [9.17, 15) is 13.2 Å². The number of hydrogen-bond acceptors (Lipinski definition) is 6. The average molecular weight is 442 g/mol. The number of benzene rings is 1. The Labute approximate surface area is 180 Å². The molecule has 2 N–H and O–H groups in total. The van der Waals surface area contributed by atoms with Crippen LogP contribution in [0.15, 0.2) is 29.2 Å². The van der Waals surface area contributed by atoms with Crippen molar-refractivity contribution in [3.63, 3.8) is 0 Å². The summed E-state index contributed by atoms with van der Waals surface area (Å²) in [6.45, 7) is 10.9. The standard InChI is InChI=1S/C21H35N3O5S/c1-15(2)20(23-30(26,27)19-9-7-18(28-5)8-10-19)21(25)22-11-6-12-24-13-16(3)29-17(4)14-24/h7-10,15-17,20,23H,6,11-14H2,1-5H3,(H,22,25)/t16?,17?,20-/m0/s1. The van der Waals surface area contributed by atoms with E-state index >= 15 is 0 Å². The minimum atomic E-state index is -3.82. The van der Waals surface area contributed by atoms with Crippen LogP contribution in [0.25, 0.3) is 0 Å². The Bertz CT molecular complexity index is 772. The van der Waals surface area contributed by atoms with Crippen LogP contribution < -0.4 is 14.8 Å². The maximum Gasteiger partial charge on any atom is 0.241 e. The summed E-state index contributed by atoms with van der Waals surface area (Å²) in [4.78, 5) is 15.1. The zero-order chi connectivity index (χ0) is 22.3. The largest absolute Gasteiger partial charge is 0.497 e. The van der Waals surface area contributed by atoms with E-state index in [0.29, 0.717) is 12.3 Å². The molecule has 8 nitrogen and oxygen atoms in total. The molecule has 9 heteroatoms. The first-order valence-corrected chi connectivity index (χ1v) is 11.9. The maximum atomic E-state index is 12.7. The highest BCUT2D eigenvalue weighted by molar-refractivity contribution is 7.89. The summed E-state index contributed by atoms with van der Waals surface area (Å²) in [5.41, 5.74) is 0. The lowest BCUT2D eigenvalue weighted by Crippen LogP contribution is -2.50. The van der Waals surface area contributed by atoms with E-state index in [0.717, 1.165) is 26.1 Å². The molecule has 1 aliphatic heterocycles. The van der Waals surface area contributed by atoms with Gasteiger partial charge in [0.25, 0.3) is 0 Å². The fraction of sp³-hybridized carbons (Fsp3) is 0.667. The van der Waals surface area contributed by atoms with Crippen LogP contribution in [0.4, 0.5) is 0 Å². The van der Waals surface area contributed by atoms with Crippen molar-refractivity contribution in [2.75, 3.05) is 33.3 Å². The molecule has 0 radical (unpaired) electrons. The summed E-state index contributed by atoms with van der Waals surface area (Å²) in [5.74, 6) is 0.0564. The van der Waals surface area contributed by atoms with Crippen molar-refractivity contribution >= 4 is 15.9 Å². The Hall–Kier alpha value is -1.68. The lowest BCUT2D eigenvalue weighted by molar-refractivity contribution is -0.123. The third kappa shape index (κ3) is 7.23. The summed E-state index contributed by atoms with van der Waals surface area (Å²) in [6.07, 6.45) is 1.21. The molecular weight excluding hydrogens is 406 g/mol. The highest BCUT2D eigenvalue weighted by Gasteiger charge is 2.28. The number of morpholine rings is 1. The number of methoxy groups -OCH3 is 1. The molecule has 1 fully saturated rings. The molecule has 170 valence electrons. The number of sulfonamides is 1. The smallest absolute Gasteiger partial charge is 0.241 e. The van der Waals surface area contributed by atoms with Gasteiger partial charge in [0.2, 0.25) is 15.9 Å². The van der Waals surface area contributed by atoms with Gasteiger partial charge in [-0.25, -0.2) is 8.42 Å². The number of amides is 1. The lowest BCUT2D eigenvalue weighted by atomic mass is 10.1. The van der Waals surface area contributed by atoms with Gasteiger partial charge in [-0.1, -0.05) is 13.8 Å². The van der Waals surface area contributed by atoms with Crippen molar-refractivity contribution in [3.8, 4) is 5.75 Å². The topological polar surface area (TPSA) is 97.0 Å². The third-order valence-corrected chi connectivity index (χ3v) is 6.50. The van der Waals surface area contributed by atoms with Gasteiger partial charge in [0, 0.05) is 26.2 Å². The fourth-order valence-corrected chi connectivity index (χ4v) is 4.92. The molecule has 1 aromatic rings. The van der Waals surface area contributed by atoms with E-state index in [-0.39, 0.29) is 28.9 Å². The summed E-state index contributed by atoms with van der Waals surface area (Å²) >= 11 is 0. The van der Waals surface area contributed by atoms with Gasteiger partial charge in [-0.3, -0.25) is 9.69 Å². The number of nitrogens with zero attached hydrogens (tertiary/aromatic N) is 1. The quantitative estimate of drug-likeness (QED) is 0.536. The van der Waals surface area contributed by atoms with E-state index in [2.05, 4.69) is 28.8 Å². The predicted octanol–water partition coefficient (Wildman–Crippen LogP) is 1.61. The second kappa shape index (κ2) is 11.1. The number of rotatable bonds is 10. The molecule has 1 amide bonds. The van der Waals surface area contributed by atoms with Gasteiger partial charge >= 0.3 is 0 Å². The Morgan fingerprint density at radius 2 is 1.80 bits per heavy atom. The van der Waals surface area contributed by atoms with Crippen LogP contribution in [0.5, 0.6) is 5.75 Å². The first-order valence-electron chi connectivity index (χ1n) is 10.4. The van der Waals surface area contributed by atoms with Crippen LogP contribution in [0.2, 0.25) is 0 Å². The minimum absolute atomic E-state index is 0.0947. The summed E-state index contributed by atoms with van der Waals surface area (Å²) in [6, 6.07) is 5.22. The summed E-state index contributed by atoms with van der Waals surface area (Å²) in [5, 5.41) is 2.87. The first-order chi connectivity index (χ1) is 14.1. The fourth-order valence-electron chi connectivity index (χ4n) is 3.57. The SMILES string of the molecule is COc1ccc(S(=O)(=O)N[C@H](C(=O)NCCCN2CC(C)OC(C)C2)C(C)C)cc1. The number of carbonyl (C=O) groups excluding carboxylic acids is 1. The van der Waals surface area contributed by atoms with Gasteiger partial charge in [-0.05, 0) is 50.5 Å². The van der Waals surface area contributed by atoms with Gasteiger partial charge in [-0.15, -0.1) is 0 Å². The van der Waals surface area contributed by atoms with Crippen LogP contribution in [-0.2, 0) is 19.6 Å². The average Bonchev–Trinajstić information content (AvgIpc) is 2.68. The number of carbonyl (C=O) groups is 1. The zero-order valence-corrected chi connectivity index (χ0v) is 19.4. The Balaban J connectivity index is 1.87. The van der Waals surface area contributed by atoms with E-state index in [1.165, 1.54) is 19.2 Å². The molecule has 0 saturated carbocycles. The normalized spacial score (nSPS) is 21.4. The van der Waals surface area contributed by atoms with E-state index in [1.807, 2.05) is 13.8 Å². The van der Waals surface area contributed by atoms with E-state index in [4.69, 9.17) is 9.47 Å². The first kappa shape index (κ1) is 24.6. The van der Waals surface area contributed by atoms with Crippen molar-refractivity contribution in [2.45, 2.75) is 57.3 Å². The molecule has 1 saturated heterocycles. The highest BCUT2D eigenvalue weighted by Crippen LogP contribution is 2.17. The molecule has 2 unspecified atom stereocenters. The monoisotopic (exact) mass is 441 g/mol. The Morgan fingerprint density at radius 3 is 2.33 bits per heavy atom. The van der Waals surface area contributed by atoms with Crippen LogP contribution in [0.3, 0.4) is 0 Å². The number of ether oxygens (including phenoxy) is 2. The molecule has 0 aliphatic carbocycles. The third-order valence-electron chi connectivity index (χ3n) is 5.05. The van der Waals surface area contributed by atoms with Gasteiger partial charge in [-0.2, -0.15) is 4.72 Å². The predicted molar refractivity (Wildman–Crippen MR) is 116 cm³/mol. The lowest BCUT2D eigenvalue weighted by Gasteiger charge is -2.35. The van der Waals surface area contributed by atoms with Crippen molar-refractivity contribution < 1.29 is 22.7 Å². The van der Waals surface area contributed by atoms with E-state index < -0.39 is 16.1 Å². The van der Waals surface area contributed by atoms with Crippen LogP contribution in [0, 0.1) is 5.92 Å². The van der Waals surface area contributed by atoms with Crippen molar-refractivity contribution in [1.29, 1.82) is 0 Å². The highest BCUT2D eigenvalue weighted by atomic mass is 32.2. The molecule has 30 heavy (non-hydrogen) atoms. The molecule has 1 aromatic carbocycles. The van der Waals surface area contributed by atoms with Crippen LogP contribution >= 0.6 is 0 Å². The van der Waals surface area contributed by atoms with E-state index in [1.54, 1.807) is 12.1 Å². The maximum absolute atomic E-state index is 12.7. The Morgan fingerprint density at radius 1 is 1.20 bits per heavy atom. The molecule has 0 bridgehead atoms. The summed E-state index contributed by atoms with van der Waals surface area (Å²) < 4.78 is 38.7. The Kier molecular flexibility index (Phi) is 9.09. The van der Waals surface area contributed by atoms with Gasteiger partial charge < -0.3 is 14.8 Å². The van der Waals surface area contributed by atoms with Crippen molar-refractivity contribution in [3.05, 3.63) is 24.3 Å². The number of nitrogens with one attached hydrogen (secondary N) is 2. The number of hydrogen-bond donors (Lipinski definition) is 2. The molecule has 1 heterocycles. The molecule has 2 rings (SSSR count). The summed E-state index contributed by atoms with van der Waals surface area (Å²) in [7, 11) is -2.31.